The van der Waals surface area contributed by atoms with Crippen LogP contribution in [0.25, 0.3) is 0 Å². The van der Waals surface area contributed by atoms with Crippen molar-refractivity contribution in [3.8, 4) is 0 Å². The summed E-state index contributed by atoms with van der Waals surface area (Å²) in [5, 5.41) is 0. The molecule has 0 saturated carbocycles. The van der Waals surface area contributed by atoms with Gasteiger partial charge in [0.05, 0.1) is 0 Å². The fourth-order valence-electron chi connectivity index (χ4n) is 0.854. The zero-order chi connectivity index (χ0) is 6.24. The van der Waals surface area contributed by atoms with Gasteiger partial charge in [-0.2, -0.15) is 0 Å². The molecule has 0 aliphatic carbocycles. The molecule has 0 unspecified atom stereocenters. The summed E-state index contributed by atoms with van der Waals surface area (Å²) in [5.74, 6) is 0. The maximum atomic E-state index is 2.26. The average molecular weight is 173 g/mol. The summed E-state index contributed by atoms with van der Waals surface area (Å²) in [7, 11) is 0. The van der Waals surface area contributed by atoms with Gasteiger partial charge in [-0.25, -0.2) is 0 Å². The summed E-state index contributed by atoms with van der Waals surface area (Å²) in [4.78, 5) is 0. The third kappa shape index (κ3) is 16.1. The van der Waals surface area contributed by atoms with Crippen LogP contribution in [0.4, 0.5) is 0 Å². The Labute approximate surface area is 93.9 Å². The van der Waals surface area contributed by atoms with Crippen molar-refractivity contribution in [2.45, 2.75) is 52.4 Å². The van der Waals surface area contributed by atoms with Crippen LogP contribution < -0.4 is 42.0 Å². The van der Waals surface area contributed by atoms with Crippen LogP contribution >= 0.6 is 0 Å². The molecular weight excluding hydrogens is 155 g/mol. The average Bonchev–Trinajstić information content (AvgIpc) is 1.81. The van der Waals surface area contributed by atoms with Crippen LogP contribution in [0.15, 0.2) is 0 Å². The summed E-state index contributed by atoms with van der Waals surface area (Å²) >= 11 is 0. The Morgan fingerprint density at radius 2 is 1.00 bits per heavy atom. The molecule has 0 N–H and O–H groups in total. The molecule has 0 radical (unpaired) electrons. The van der Waals surface area contributed by atoms with E-state index in [0.717, 1.165) is 0 Å². The Morgan fingerprint density at radius 3 is 1.20 bits per heavy atom. The number of halogens is 1. The smallest absolute Gasteiger partial charge is 1.00 e. The van der Waals surface area contributed by atoms with E-state index in [1.165, 1.54) is 38.5 Å². The van der Waals surface area contributed by atoms with Crippen molar-refractivity contribution in [1.82, 2.24) is 0 Å². The van der Waals surface area contributed by atoms with Gasteiger partial charge in [0.1, 0.15) is 0 Å². The molecule has 0 heterocycles. The Kier molecular flexibility index (Phi) is 29.1. The van der Waals surface area contributed by atoms with Crippen molar-refractivity contribution in [2.24, 2.45) is 0 Å². The van der Waals surface area contributed by atoms with Gasteiger partial charge in [-0.05, 0) is 0 Å². The molecule has 0 rings (SSSR count). The largest absolute Gasteiger partial charge is 1.00 e. The van der Waals surface area contributed by atoms with Crippen molar-refractivity contribution in [2.75, 3.05) is 0 Å². The Balaban J connectivity index is -0.000000245. The molecule has 0 aromatic heterocycles. The van der Waals surface area contributed by atoms with Crippen molar-refractivity contribution >= 4 is 0 Å². The predicted molar refractivity (Wildman–Crippen MR) is 39.0 cm³/mol. The normalized spacial score (nSPS) is 7.80. The van der Waals surface area contributed by atoms with Crippen molar-refractivity contribution in [3.05, 3.63) is 0 Å². The van der Waals surface area contributed by atoms with Crippen LogP contribution in [0.3, 0.4) is 0 Å². The second-order valence-corrected chi connectivity index (χ2v) is 2.41. The molecule has 0 aromatic carbocycles. The van der Waals surface area contributed by atoms with E-state index < -0.39 is 0 Å². The minimum Gasteiger partial charge on any atom is -1.00 e. The van der Waals surface area contributed by atoms with Crippen LogP contribution in [-0.4, -0.2) is 0 Å². The number of unbranched alkanes of at least 4 members (excludes halogenated alkanes) is 5. The van der Waals surface area contributed by atoms with Gasteiger partial charge in [-0.1, -0.05) is 52.4 Å². The molecule has 0 aliphatic heterocycles. The van der Waals surface area contributed by atoms with E-state index in [0.29, 0.717) is 0 Å². The number of hydrogen-bond donors (Lipinski definition) is 0. The van der Waals surface area contributed by atoms with Gasteiger partial charge in [-0.3, -0.25) is 0 Å². The van der Waals surface area contributed by atoms with E-state index in [9.17, 15) is 0 Å². The maximum absolute atomic E-state index is 2.26. The van der Waals surface area contributed by atoms with Crippen LogP contribution in [0.2, 0.25) is 0 Å². The third-order valence-electron chi connectivity index (χ3n) is 1.46. The van der Waals surface area contributed by atoms with Gasteiger partial charge in [0.2, 0.25) is 0 Å². The quantitative estimate of drug-likeness (QED) is 0.315. The van der Waals surface area contributed by atoms with E-state index in [4.69, 9.17) is 0 Å². The van der Waals surface area contributed by atoms with Crippen LogP contribution in [0.5, 0.6) is 0 Å². The summed E-state index contributed by atoms with van der Waals surface area (Å²) in [5.41, 5.74) is 0. The molecule has 0 amide bonds. The molecule has 0 spiro atoms. The minimum atomic E-state index is 0. The Bertz CT molecular complexity index is 34.2. The van der Waals surface area contributed by atoms with E-state index in [1.54, 1.807) is 0 Å². The molecule has 0 nitrogen and oxygen atoms in total. The molecule has 58 valence electrons. The molecule has 0 saturated heterocycles. The molecule has 10 heavy (non-hydrogen) atoms. The maximum Gasteiger partial charge on any atom is 1.00 e. The molecular formula is C8H18ClNa. The predicted octanol–water partition coefficient (Wildman–Crippen LogP) is -2.63. The topological polar surface area (TPSA) is 0 Å². The standard InChI is InChI=1S/C8H18.ClH.Na/c1-3-5-7-8-6-4-2;;/h3-8H2,1-2H3;1H;/q;;+1/p-1. The molecule has 0 atom stereocenters. The fourth-order valence-corrected chi connectivity index (χ4v) is 0.854. The zero-order valence-corrected chi connectivity index (χ0v) is 10.4. The molecule has 0 fully saturated rings. The second-order valence-electron chi connectivity index (χ2n) is 2.41. The number of hydrogen-bond acceptors (Lipinski definition) is 0. The van der Waals surface area contributed by atoms with E-state index in [-0.39, 0.29) is 42.0 Å². The van der Waals surface area contributed by atoms with Gasteiger partial charge in [-0.15, -0.1) is 0 Å². The zero-order valence-electron chi connectivity index (χ0n) is 7.62. The van der Waals surface area contributed by atoms with Crippen LogP contribution in [-0.2, 0) is 0 Å². The van der Waals surface area contributed by atoms with E-state index >= 15 is 0 Å². The first-order valence-corrected chi connectivity index (χ1v) is 3.91. The first kappa shape index (κ1) is 17.4. The van der Waals surface area contributed by atoms with Crippen molar-refractivity contribution < 1.29 is 42.0 Å². The molecule has 0 bridgehead atoms. The number of rotatable bonds is 5. The first-order chi connectivity index (χ1) is 3.91. The van der Waals surface area contributed by atoms with Gasteiger partial charge in [0.15, 0.2) is 0 Å². The van der Waals surface area contributed by atoms with Crippen molar-refractivity contribution in [1.29, 1.82) is 0 Å². The fraction of sp³-hybridized carbons (Fsp3) is 1.00. The summed E-state index contributed by atoms with van der Waals surface area (Å²) in [6.07, 6.45) is 8.49. The first-order valence-electron chi connectivity index (χ1n) is 3.91. The molecule has 2 heteroatoms. The summed E-state index contributed by atoms with van der Waals surface area (Å²) < 4.78 is 0. The SMILES string of the molecule is CCCCCCCC.[Cl-].[Na+]. The summed E-state index contributed by atoms with van der Waals surface area (Å²) in [6.45, 7) is 4.51. The minimum absolute atomic E-state index is 0. The third-order valence-corrected chi connectivity index (χ3v) is 1.46. The van der Waals surface area contributed by atoms with Gasteiger partial charge < -0.3 is 12.4 Å². The summed E-state index contributed by atoms with van der Waals surface area (Å²) in [6, 6.07) is 0. The monoisotopic (exact) mass is 172 g/mol. The second kappa shape index (κ2) is 16.7. The van der Waals surface area contributed by atoms with Crippen LogP contribution in [0, 0.1) is 0 Å². The van der Waals surface area contributed by atoms with Crippen LogP contribution in [0.1, 0.15) is 52.4 Å². The van der Waals surface area contributed by atoms with Crippen molar-refractivity contribution in [3.63, 3.8) is 0 Å². The molecule has 0 aliphatic rings. The Hall–Kier alpha value is 1.29. The van der Waals surface area contributed by atoms with Gasteiger partial charge >= 0.3 is 29.6 Å². The Morgan fingerprint density at radius 1 is 0.700 bits per heavy atom. The van der Waals surface area contributed by atoms with Gasteiger partial charge in [0.25, 0.3) is 0 Å². The van der Waals surface area contributed by atoms with E-state index in [1.807, 2.05) is 0 Å². The molecule has 0 aromatic rings. The van der Waals surface area contributed by atoms with Gasteiger partial charge in [0, 0.05) is 0 Å². The van der Waals surface area contributed by atoms with E-state index in [2.05, 4.69) is 13.8 Å².